The van der Waals surface area contributed by atoms with Gasteiger partial charge in [-0.2, -0.15) is 54.8 Å². The molecular formula is H5O35P7W5. The minimum absolute atomic E-state index is 0. The molecular weight excluding hydrogens is 1700 g/mol. The summed E-state index contributed by atoms with van der Waals surface area (Å²) in [6.45, 7) is 0. The Labute approximate surface area is 338 Å². The zero-order valence-electron chi connectivity index (χ0n) is 24.5. The number of rotatable bonds is 0. The van der Waals surface area contributed by atoms with Crippen molar-refractivity contribution < 1.29 is 286 Å². The van der Waals surface area contributed by atoms with Crippen molar-refractivity contribution in [3.05, 3.63) is 0 Å². The first-order valence-corrected chi connectivity index (χ1v) is 15.3. The zero-order valence-corrected chi connectivity index (χ0v) is 40.4. The van der Waals surface area contributed by atoms with E-state index in [2.05, 4.69) is 0 Å². The van der Waals surface area contributed by atoms with E-state index in [4.69, 9.17) is 135 Å². The number of hydrogen-bond acceptors (Lipinski definition) is 28. The smallest absolute Gasteiger partial charge is 2.00 e. The zero-order chi connectivity index (χ0) is 31.5. The first-order chi connectivity index (χ1) is 14.0. The largest absolute Gasteiger partial charge is 6.00 e. The molecule has 0 N–H and O–H groups in total. The Kier molecular flexibility index (Phi) is 150. The van der Waals surface area contributed by atoms with Gasteiger partial charge >= 0.3 is 112 Å². The molecule has 35 nitrogen and oxygen atoms in total. The van der Waals surface area contributed by atoms with Crippen LogP contribution in [0.15, 0.2) is 0 Å². The summed E-state index contributed by atoms with van der Waals surface area (Å²) in [7, 11) is -37.7. The van der Waals surface area contributed by atoms with Gasteiger partial charge in [0.25, 0.3) is 0 Å². The Balaban J connectivity index is -0.00000000758. The van der Waals surface area contributed by atoms with Crippen LogP contribution in [0.3, 0.4) is 0 Å². The first-order valence-electron chi connectivity index (χ1n) is 5.11. The van der Waals surface area contributed by atoms with Crippen LogP contribution in [0.2, 0.25) is 0 Å². The summed E-state index contributed by atoms with van der Waals surface area (Å²) in [6.07, 6.45) is 0. The Hall–Kier alpha value is 3.93. The fraction of sp³-hybridized carbons (Fsp3) is 0. The molecule has 0 aromatic carbocycles. The summed E-state index contributed by atoms with van der Waals surface area (Å²) < 4.78 is 59.8. The Morgan fingerprint density at radius 1 is 0.191 bits per heavy atom. The average molecular weight is 1700 g/mol. The van der Waals surface area contributed by atoms with Gasteiger partial charge < -0.3 is 173 Å². The van der Waals surface area contributed by atoms with Crippen LogP contribution in [0.4, 0.5) is 0 Å². The maximum atomic E-state index is 8.55. The predicted molar refractivity (Wildman–Crippen MR) is 63.6 cm³/mol. The SMILES string of the molecule is O=P([O-])([O-])[O-].O=P([O-])([O-])[O-].O=P([O-])([O-])[O-].O=P([O-])([O-])[O-].O=P([O-])([O-])[O-].O=P([O-])([O-])[O-].O=P([O-])([O-])[O-].[H+].[H+].[H+].[H+].[H+].[O-2].[O-2].[O-2].[O-2].[O-2].[O-2].[O-2].[W+6].[W+6].[W+6].[W+6].[W+6]. The van der Waals surface area contributed by atoms with Crippen LogP contribution < -0.4 is 103 Å². The van der Waals surface area contributed by atoms with Crippen LogP contribution in [0.25, 0.3) is 0 Å². The van der Waals surface area contributed by atoms with E-state index in [0.29, 0.717) is 0 Å². The van der Waals surface area contributed by atoms with Crippen molar-refractivity contribution >= 4 is 54.8 Å². The maximum absolute atomic E-state index is 8.55. The van der Waals surface area contributed by atoms with Gasteiger partial charge in [-0.1, -0.05) is 0 Å². The van der Waals surface area contributed by atoms with Gasteiger partial charge in [-0.15, -0.1) is 0 Å². The van der Waals surface area contributed by atoms with Crippen molar-refractivity contribution in [1.82, 2.24) is 0 Å². The van der Waals surface area contributed by atoms with Gasteiger partial charge in [-0.05, 0) is 0 Å². The monoisotopic (exact) mass is 1700 g/mol. The standard InChI is InChI=1S/7H3O4P.7O.5W/c7*1-5(2,3)4;;;;;;;;;;;;/h7*(H3,1,2,3,4);;;;;;;;;;;;/q;;;;;;;7*-2;5*+6/p-16. The van der Waals surface area contributed by atoms with Gasteiger partial charge in [0.1, 0.15) is 0 Å². The first kappa shape index (κ1) is 125. The molecule has 0 aromatic heterocycles. The van der Waals surface area contributed by atoms with Gasteiger partial charge in [0.15, 0.2) is 0 Å². The van der Waals surface area contributed by atoms with E-state index in [-0.39, 0.29) is 151 Å². The predicted octanol–water partition coefficient (Wildman–Crippen LogP) is -20.1. The summed E-state index contributed by atoms with van der Waals surface area (Å²) >= 11 is 0. The summed E-state index contributed by atoms with van der Waals surface area (Å²) in [5, 5.41) is 0. The van der Waals surface area contributed by atoms with Crippen molar-refractivity contribution in [2.45, 2.75) is 0 Å². The second-order valence-corrected chi connectivity index (χ2v) is 9.39. The van der Waals surface area contributed by atoms with Crippen LogP contribution in [-0.2, 0) is 176 Å². The molecule has 0 aliphatic heterocycles. The van der Waals surface area contributed by atoms with Gasteiger partial charge in [-0.3, -0.25) is 0 Å². The second-order valence-electron chi connectivity index (χ2n) is 3.13. The topological polar surface area (TPSA) is 803 Å². The summed E-state index contributed by atoms with van der Waals surface area (Å²) in [4.78, 5) is 180. The molecule has 0 fully saturated rings. The number of phosphoric acid groups is 7. The van der Waals surface area contributed by atoms with Crippen LogP contribution in [0, 0.1) is 0 Å². The third-order valence-electron chi connectivity index (χ3n) is 0. The van der Waals surface area contributed by atoms with E-state index < -0.39 is 54.8 Å². The number of hydrogen-bond donors (Lipinski definition) is 0. The minimum atomic E-state index is -5.39. The normalized spacial score (nSPS) is 8.79. The van der Waals surface area contributed by atoms with E-state index in [1.54, 1.807) is 0 Å². The molecule has 280 valence electrons. The summed E-state index contributed by atoms with van der Waals surface area (Å²) in [5.41, 5.74) is 0. The minimum Gasteiger partial charge on any atom is -2.00 e. The Morgan fingerprint density at radius 2 is 0.191 bits per heavy atom. The van der Waals surface area contributed by atoms with E-state index >= 15 is 0 Å². The van der Waals surface area contributed by atoms with Gasteiger partial charge in [0.05, 0.1) is 0 Å². The molecule has 0 aliphatic carbocycles. The van der Waals surface area contributed by atoms with E-state index in [0.717, 1.165) is 0 Å². The molecule has 0 unspecified atom stereocenters. The van der Waals surface area contributed by atoms with Crippen molar-refractivity contribution in [1.29, 1.82) is 0 Å². The molecule has 0 radical (unpaired) electrons. The van der Waals surface area contributed by atoms with Crippen molar-refractivity contribution in [2.24, 2.45) is 0 Å². The molecule has 0 heterocycles. The molecule has 0 aromatic rings. The Morgan fingerprint density at radius 3 is 0.191 bits per heavy atom. The summed E-state index contributed by atoms with van der Waals surface area (Å²) in [5.74, 6) is 0. The molecule has 0 rings (SSSR count). The molecule has 0 spiro atoms. The molecule has 0 atom stereocenters. The van der Waals surface area contributed by atoms with Crippen LogP contribution in [0.1, 0.15) is 7.13 Å². The van der Waals surface area contributed by atoms with Gasteiger partial charge in [-0.25, -0.2) is 0 Å². The molecule has 47 heavy (non-hydrogen) atoms. The second kappa shape index (κ2) is 56.7. The van der Waals surface area contributed by atoms with Gasteiger partial charge in [0, 0.05) is 0 Å². The molecule has 0 bridgehead atoms. The fourth-order valence-corrected chi connectivity index (χ4v) is 0. The van der Waals surface area contributed by atoms with Crippen molar-refractivity contribution in [3.8, 4) is 0 Å². The third kappa shape index (κ3) is 7420. The molecule has 0 aliphatic rings. The average Bonchev–Trinajstić information content (AvgIpc) is 2.06. The quantitative estimate of drug-likeness (QED) is 0.203. The van der Waals surface area contributed by atoms with E-state index in [1.807, 2.05) is 0 Å². The van der Waals surface area contributed by atoms with E-state index in [9.17, 15) is 0 Å². The van der Waals surface area contributed by atoms with Gasteiger partial charge in [0.2, 0.25) is 0 Å². The van der Waals surface area contributed by atoms with Crippen molar-refractivity contribution in [2.75, 3.05) is 0 Å². The summed E-state index contributed by atoms with van der Waals surface area (Å²) in [6, 6.07) is 0. The fourth-order valence-electron chi connectivity index (χ4n) is 0. The molecule has 0 amide bonds. The van der Waals surface area contributed by atoms with Crippen LogP contribution >= 0.6 is 54.8 Å². The van der Waals surface area contributed by atoms with Crippen molar-refractivity contribution in [3.63, 3.8) is 0 Å². The molecule has 47 heteroatoms. The molecule has 0 saturated carbocycles. The van der Waals surface area contributed by atoms with Crippen LogP contribution in [-0.4, -0.2) is 0 Å². The Bertz CT molecular complexity index is 594. The third-order valence-corrected chi connectivity index (χ3v) is 0. The van der Waals surface area contributed by atoms with Crippen LogP contribution in [0.5, 0.6) is 0 Å². The molecule has 0 saturated heterocycles. The van der Waals surface area contributed by atoms with E-state index in [1.165, 1.54) is 0 Å². The maximum Gasteiger partial charge on any atom is 6.00 e.